The maximum Gasteiger partial charge on any atom is 0.268 e. The first-order valence-corrected chi connectivity index (χ1v) is 10.8. The predicted molar refractivity (Wildman–Crippen MR) is 110 cm³/mol. The zero-order valence-electron chi connectivity index (χ0n) is 17.1. The van der Waals surface area contributed by atoms with Gasteiger partial charge in [-0.15, -0.1) is 0 Å². The molecule has 30 heavy (non-hydrogen) atoms. The highest BCUT2D eigenvalue weighted by Gasteiger charge is 2.50. The minimum Gasteiger partial charge on any atom is -0.454 e. The molecule has 3 aliphatic heterocycles. The van der Waals surface area contributed by atoms with Gasteiger partial charge in [-0.25, -0.2) is 0 Å². The molecule has 1 saturated heterocycles. The topological polar surface area (TPSA) is 95.5 Å². The minimum absolute atomic E-state index is 0.0313. The Hall–Kier alpha value is -2.97. The van der Waals surface area contributed by atoms with Gasteiger partial charge in [0.1, 0.15) is 12.4 Å². The number of piperazine rings is 1. The summed E-state index contributed by atoms with van der Waals surface area (Å²) in [6, 6.07) is 5.53. The van der Waals surface area contributed by atoms with Gasteiger partial charge in [-0.3, -0.25) is 15.0 Å². The van der Waals surface area contributed by atoms with Gasteiger partial charge in [0, 0.05) is 18.2 Å². The molecule has 2 amide bonds. The smallest absolute Gasteiger partial charge is 0.268 e. The number of nitrogens with one attached hydrogen (secondary N) is 2. The van der Waals surface area contributed by atoms with Gasteiger partial charge in [0.15, 0.2) is 17.7 Å². The van der Waals surface area contributed by atoms with Crippen LogP contribution in [0.4, 0.5) is 5.69 Å². The summed E-state index contributed by atoms with van der Waals surface area (Å²) in [5.41, 5.74) is 3.65. The van der Waals surface area contributed by atoms with Gasteiger partial charge in [0.05, 0.1) is 12.1 Å². The summed E-state index contributed by atoms with van der Waals surface area (Å²) in [6.45, 7) is 2.33. The lowest BCUT2D eigenvalue weighted by molar-refractivity contribution is -0.151. The number of benzene rings is 1. The third-order valence-corrected chi connectivity index (χ3v) is 6.30. The monoisotopic (exact) mass is 413 g/mol. The Morgan fingerprint density at radius 2 is 2.03 bits per heavy atom. The second-order valence-corrected chi connectivity index (χ2v) is 8.22. The fourth-order valence-electron chi connectivity index (χ4n) is 5.00. The van der Waals surface area contributed by atoms with E-state index in [4.69, 9.17) is 9.47 Å². The second-order valence-electron chi connectivity index (χ2n) is 8.22. The van der Waals surface area contributed by atoms with E-state index in [1.54, 1.807) is 23.1 Å². The van der Waals surface area contributed by atoms with Crippen LogP contribution >= 0.6 is 0 Å². The Balaban J connectivity index is 1.31. The molecule has 3 atom stereocenters. The number of carbonyl (C=O) groups is 2. The van der Waals surface area contributed by atoms with Crippen LogP contribution in [0.2, 0.25) is 0 Å². The lowest BCUT2D eigenvalue weighted by Gasteiger charge is -2.51. The van der Waals surface area contributed by atoms with Crippen molar-refractivity contribution in [2.24, 2.45) is 5.10 Å². The highest BCUT2D eigenvalue weighted by molar-refractivity contribution is 5.98. The average Bonchev–Trinajstić information content (AvgIpc) is 3.38. The molecule has 1 aromatic carbocycles. The van der Waals surface area contributed by atoms with Crippen LogP contribution < -0.4 is 20.2 Å². The molecule has 3 unspecified atom stereocenters. The van der Waals surface area contributed by atoms with Gasteiger partial charge in [-0.05, 0) is 31.4 Å². The third kappa shape index (κ3) is 3.22. The number of hydrazone groups is 1. The fraction of sp³-hybridized carbons (Fsp3) is 0.571. The van der Waals surface area contributed by atoms with Crippen LogP contribution in [0.1, 0.15) is 45.4 Å². The molecule has 0 aromatic heterocycles. The maximum atomic E-state index is 13.3. The molecule has 0 spiro atoms. The number of rotatable bonds is 5. The van der Waals surface area contributed by atoms with Crippen LogP contribution in [0.15, 0.2) is 23.3 Å². The Morgan fingerprint density at radius 1 is 1.23 bits per heavy atom. The zero-order chi connectivity index (χ0) is 20.7. The minimum atomic E-state index is -0.496. The van der Waals surface area contributed by atoms with Crippen LogP contribution in [0.3, 0.4) is 0 Å². The van der Waals surface area contributed by atoms with Crippen molar-refractivity contribution in [2.45, 2.75) is 63.7 Å². The number of fused-ring (bicyclic) bond motifs is 4. The van der Waals surface area contributed by atoms with Crippen LogP contribution in [-0.2, 0) is 9.59 Å². The van der Waals surface area contributed by atoms with Crippen LogP contribution in [0, 0.1) is 0 Å². The van der Waals surface area contributed by atoms with Crippen molar-refractivity contribution in [3.8, 4) is 11.5 Å². The molecule has 4 aliphatic rings. The first kappa shape index (κ1) is 19.0. The summed E-state index contributed by atoms with van der Waals surface area (Å²) in [5, 5.41) is 7.34. The number of amides is 2. The molecular weight excluding hydrogens is 386 g/mol. The predicted octanol–water partition coefficient (Wildman–Crippen LogP) is 1.85. The molecular formula is C21H27N5O4. The van der Waals surface area contributed by atoms with E-state index in [0.717, 1.165) is 44.4 Å². The number of anilines is 1. The first-order valence-electron chi connectivity index (χ1n) is 10.8. The van der Waals surface area contributed by atoms with E-state index in [1.165, 1.54) is 0 Å². The Labute approximate surface area is 175 Å². The maximum absolute atomic E-state index is 13.3. The Bertz CT molecular complexity index is 888. The van der Waals surface area contributed by atoms with Gasteiger partial charge < -0.3 is 24.6 Å². The number of nitrogens with zero attached hydrogens (tertiary/aromatic N) is 3. The first-order chi connectivity index (χ1) is 14.7. The number of carbonyl (C=O) groups excluding carboxylic acids is 2. The van der Waals surface area contributed by atoms with E-state index in [2.05, 4.69) is 27.7 Å². The van der Waals surface area contributed by atoms with Gasteiger partial charge in [-0.2, -0.15) is 5.10 Å². The van der Waals surface area contributed by atoms with Crippen molar-refractivity contribution >= 4 is 23.3 Å². The lowest BCUT2D eigenvalue weighted by Crippen LogP contribution is -2.69. The Morgan fingerprint density at radius 3 is 2.87 bits per heavy atom. The molecule has 2 N–H and O–H groups in total. The summed E-state index contributed by atoms with van der Waals surface area (Å²) in [7, 11) is 0. The van der Waals surface area contributed by atoms with Crippen LogP contribution in [-0.4, -0.2) is 59.0 Å². The fourth-order valence-corrected chi connectivity index (χ4v) is 5.00. The summed E-state index contributed by atoms with van der Waals surface area (Å²) >= 11 is 0. The van der Waals surface area contributed by atoms with Crippen LogP contribution in [0.25, 0.3) is 0 Å². The summed E-state index contributed by atoms with van der Waals surface area (Å²) in [6.07, 6.45) is 5.47. The number of hydrogen-bond acceptors (Lipinski definition) is 7. The normalized spacial score (nSPS) is 26.6. The molecule has 160 valence electrons. The van der Waals surface area contributed by atoms with Gasteiger partial charge in [0.25, 0.3) is 5.91 Å². The molecule has 1 aromatic rings. The molecule has 1 aliphatic carbocycles. The number of amidine groups is 1. The lowest BCUT2D eigenvalue weighted by atomic mass is 9.85. The van der Waals surface area contributed by atoms with Crippen molar-refractivity contribution in [1.29, 1.82) is 0 Å². The van der Waals surface area contributed by atoms with Crippen molar-refractivity contribution in [3.63, 3.8) is 0 Å². The standard InChI is InChI=1S/C21H27N5O4/c1-2-5-18-23-24-20-21(28)25(14-6-3-4-7-15(14)26(18)20)11-19(27)22-13-8-9-16-17(10-13)30-12-29-16/h8-10,14-15,20,24H,2-7,11-12H2,1H3,(H,22,27). The van der Waals surface area contributed by atoms with Crippen LogP contribution in [0.5, 0.6) is 11.5 Å². The van der Waals surface area contributed by atoms with E-state index < -0.39 is 6.17 Å². The zero-order valence-corrected chi connectivity index (χ0v) is 17.1. The largest absolute Gasteiger partial charge is 0.454 e. The number of hydrogen-bond donors (Lipinski definition) is 2. The summed E-state index contributed by atoms with van der Waals surface area (Å²) in [5.74, 6) is 1.96. The van der Waals surface area contributed by atoms with E-state index in [9.17, 15) is 9.59 Å². The highest BCUT2D eigenvalue weighted by Crippen LogP contribution is 2.36. The van der Waals surface area contributed by atoms with Gasteiger partial charge >= 0.3 is 0 Å². The van der Waals surface area contributed by atoms with Crippen molar-refractivity contribution in [1.82, 2.24) is 15.2 Å². The summed E-state index contributed by atoms with van der Waals surface area (Å²) < 4.78 is 10.7. The van der Waals surface area contributed by atoms with E-state index in [-0.39, 0.29) is 37.2 Å². The van der Waals surface area contributed by atoms with E-state index in [0.29, 0.717) is 17.2 Å². The molecule has 2 fully saturated rings. The van der Waals surface area contributed by atoms with Crippen molar-refractivity contribution < 1.29 is 19.1 Å². The quantitative estimate of drug-likeness (QED) is 0.765. The SMILES string of the molecule is CCCC1=NNC2C(=O)N(CC(=O)Nc3ccc4c(c3)OCO4)C3CCCCC3N12. The highest BCUT2D eigenvalue weighted by atomic mass is 16.7. The molecule has 0 bridgehead atoms. The van der Waals surface area contributed by atoms with Gasteiger partial charge in [0.2, 0.25) is 12.7 Å². The Kier molecular flexibility index (Phi) is 4.88. The van der Waals surface area contributed by atoms with E-state index >= 15 is 0 Å². The third-order valence-electron chi connectivity index (χ3n) is 6.30. The molecule has 0 radical (unpaired) electrons. The molecule has 9 heteroatoms. The van der Waals surface area contributed by atoms with E-state index in [1.807, 2.05) is 0 Å². The molecule has 1 saturated carbocycles. The second kappa shape index (κ2) is 7.70. The molecule has 9 nitrogen and oxygen atoms in total. The van der Waals surface area contributed by atoms with Crippen molar-refractivity contribution in [3.05, 3.63) is 18.2 Å². The molecule has 5 rings (SSSR count). The summed E-state index contributed by atoms with van der Waals surface area (Å²) in [4.78, 5) is 30.0. The average molecular weight is 413 g/mol. The molecule has 3 heterocycles. The van der Waals surface area contributed by atoms with Crippen molar-refractivity contribution in [2.75, 3.05) is 18.7 Å². The number of ether oxygens (including phenoxy) is 2. The van der Waals surface area contributed by atoms with Gasteiger partial charge in [-0.1, -0.05) is 19.8 Å².